The first-order chi connectivity index (χ1) is 10.5. The van der Waals surface area contributed by atoms with Crippen molar-refractivity contribution >= 4 is 27.1 Å². The molecule has 1 amide bonds. The molecule has 5 nitrogen and oxygen atoms in total. The van der Waals surface area contributed by atoms with E-state index in [1.165, 1.54) is 4.88 Å². The molecule has 0 bridgehead atoms. The van der Waals surface area contributed by atoms with Gasteiger partial charge in [0.2, 0.25) is 5.91 Å². The van der Waals surface area contributed by atoms with Gasteiger partial charge in [0.15, 0.2) is 9.84 Å². The Morgan fingerprint density at radius 3 is 2.91 bits per heavy atom. The number of hydrogen-bond donors (Lipinski definition) is 0. The fraction of sp³-hybridized carbons (Fsp3) is 0.667. The van der Waals surface area contributed by atoms with Crippen LogP contribution < -0.4 is 0 Å². The summed E-state index contributed by atoms with van der Waals surface area (Å²) < 4.78 is 23.1. The SMILES string of the molecule is CN(C(=O)CN1CCC[C@@H]1c1cccs1)[C@H]1CCS(=O)(=O)C1. The number of thiophene rings is 1. The van der Waals surface area contributed by atoms with Gasteiger partial charge in [-0.2, -0.15) is 0 Å². The van der Waals surface area contributed by atoms with Gasteiger partial charge in [0.1, 0.15) is 0 Å². The van der Waals surface area contributed by atoms with Crippen molar-refractivity contribution in [3.8, 4) is 0 Å². The molecule has 0 aliphatic carbocycles. The summed E-state index contributed by atoms with van der Waals surface area (Å²) in [5, 5.41) is 2.07. The lowest BCUT2D eigenvalue weighted by Gasteiger charge is -2.28. The monoisotopic (exact) mass is 342 g/mol. The van der Waals surface area contributed by atoms with E-state index in [9.17, 15) is 13.2 Å². The highest BCUT2D eigenvalue weighted by atomic mass is 32.2. The largest absolute Gasteiger partial charge is 0.341 e. The number of hydrogen-bond acceptors (Lipinski definition) is 5. The third kappa shape index (κ3) is 3.36. The highest BCUT2D eigenvalue weighted by Crippen LogP contribution is 2.34. The van der Waals surface area contributed by atoms with Gasteiger partial charge in [-0.25, -0.2) is 8.42 Å². The third-order valence-corrected chi connectivity index (χ3v) is 7.45. The first kappa shape index (κ1) is 16.0. The smallest absolute Gasteiger partial charge is 0.236 e. The van der Waals surface area contributed by atoms with E-state index >= 15 is 0 Å². The Bertz CT molecular complexity index is 627. The number of sulfone groups is 1. The van der Waals surface area contributed by atoms with Crippen LogP contribution in [0.3, 0.4) is 0 Å². The second kappa shape index (κ2) is 6.29. The summed E-state index contributed by atoms with van der Waals surface area (Å²) >= 11 is 1.74. The predicted molar refractivity (Wildman–Crippen MR) is 87.7 cm³/mol. The maximum Gasteiger partial charge on any atom is 0.236 e. The minimum absolute atomic E-state index is 0.0329. The second-order valence-corrected chi connectivity index (χ2v) is 9.41. The zero-order chi connectivity index (χ0) is 15.7. The molecule has 0 unspecified atom stereocenters. The number of amides is 1. The highest BCUT2D eigenvalue weighted by molar-refractivity contribution is 7.91. The lowest BCUT2D eigenvalue weighted by atomic mass is 10.2. The number of rotatable bonds is 4. The third-order valence-electron chi connectivity index (χ3n) is 4.72. The van der Waals surface area contributed by atoms with E-state index in [-0.39, 0.29) is 23.5 Å². The molecular formula is C15H22N2O3S2. The summed E-state index contributed by atoms with van der Waals surface area (Å²) in [6, 6.07) is 4.36. The summed E-state index contributed by atoms with van der Waals surface area (Å²) in [6.07, 6.45) is 2.77. The summed E-state index contributed by atoms with van der Waals surface area (Å²) in [5.41, 5.74) is 0. The first-order valence-electron chi connectivity index (χ1n) is 7.70. The first-order valence-corrected chi connectivity index (χ1v) is 10.4. The predicted octanol–water partition coefficient (Wildman–Crippen LogP) is 1.53. The van der Waals surface area contributed by atoms with E-state index < -0.39 is 9.84 Å². The van der Waals surface area contributed by atoms with Crippen LogP contribution in [0.25, 0.3) is 0 Å². The van der Waals surface area contributed by atoms with Crippen LogP contribution in [0.1, 0.15) is 30.2 Å². The van der Waals surface area contributed by atoms with Gasteiger partial charge in [-0.1, -0.05) is 6.07 Å². The molecule has 122 valence electrons. The molecule has 0 N–H and O–H groups in total. The summed E-state index contributed by atoms with van der Waals surface area (Å²) in [6.45, 7) is 1.32. The van der Waals surface area contributed by atoms with Crippen LogP contribution in [0, 0.1) is 0 Å². The van der Waals surface area contributed by atoms with Gasteiger partial charge in [0.25, 0.3) is 0 Å². The van der Waals surface area contributed by atoms with E-state index in [1.807, 2.05) is 6.07 Å². The molecule has 1 aromatic heterocycles. The Labute approximate surface area is 135 Å². The van der Waals surface area contributed by atoms with E-state index in [0.717, 1.165) is 19.4 Å². The topological polar surface area (TPSA) is 57.7 Å². The highest BCUT2D eigenvalue weighted by Gasteiger charge is 2.34. The van der Waals surface area contributed by atoms with E-state index in [4.69, 9.17) is 0 Å². The van der Waals surface area contributed by atoms with Crippen LogP contribution in [-0.4, -0.2) is 61.8 Å². The lowest BCUT2D eigenvalue weighted by Crippen LogP contribution is -2.43. The fourth-order valence-corrected chi connectivity index (χ4v) is 6.06. The number of carbonyl (C=O) groups excluding carboxylic acids is 1. The summed E-state index contributed by atoms with van der Waals surface area (Å²) in [4.78, 5) is 17.7. The van der Waals surface area contributed by atoms with Gasteiger partial charge in [-0.05, 0) is 37.3 Å². The molecule has 0 saturated carbocycles. The Morgan fingerprint density at radius 2 is 2.27 bits per heavy atom. The molecular weight excluding hydrogens is 320 g/mol. The molecule has 2 aliphatic heterocycles. The Morgan fingerprint density at radius 1 is 1.45 bits per heavy atom. The minimum atomic E-state index is -2.95. The lowest BCUT2D eigenvalue weighted by molar-refractivity contribution is -0.133. The van der Waals surface area contributed by atoms with Crippen LogP contribution in [-0.2, 0) is 14.6 Å². The van der Waals surface area contributed by atoms with Gasteiger partial charge in [-0.3, -0.25) is 9.69 Å². The Hall–Kier alpha value is -0.920. The van der Waals surface area contributed by atoms with Crippen molar-refractivity contribution in [1.29, 1.82) is 0 Å². The molecule has 22 heavy (non-hydrogen) atoms. The normalized spacial score (nSPS) is 28.0. The average Bonchev–Trinajstić information content (AvgIpc) is 3.17. The molecule has 0 aromatic carbocycles. The number of likely N-dealkylation sites (tertiary alicyclic amines) is 1. The van der Waals surface area contributed by atoms with Crippen molar-refractivity contribution in [3.05, 3.63) is 22.4 Å². The molecule has 2 saturated heterocycles. The van der Waals surface area contributed by atoms with Crippen LogP contribution in [0.4, 0.5) is 0 Å². The molecule has 1 aromatic rings. The van der Waals surface area contributed by atoms with Crippen LogP contribution in [0.15, 0.2) is 17.5 Å². The standard InChI is InChI=1S/C15H22N2O3S2/c1-16(12-6-9-22(19,20)11-12)15(18)10-17-7-2-4-13(17)14-5-3-8-21-14/h3,5,8,12-13H,2,4,6-7,9-11H2,1H3/t12-,13+/m0/s1. The van der Waals surface area contributed by atoms with Gasteiger partial charge in [0, 0.05) is 24.0 Å². The molecule has 0 radical (unpaired) electrons. The van der Waals surface area contributed by atoms with Crippen LogP contribution >= 0.6 is 11.3 Å². The summed E-state index contributed by atoms with van der Waals surface area (Å²) in [7, 11) is -1.21. The van der Waals surface area contributed by atoms with Crippen LogP contribution in [0.2, 0.25) is 0 Å². The van der Waals surface area contributed by atoms with Crippen molar-refractivity contribution in [3.63, 3.8) is 0 Å². The van der Waals surface area contributed by atoms with Gasteiger partial charge in [-0.15, -0.1) is 11.3 Å². The Kier molecular flexibility index (Phi) is 4.56. The molecule has 3 rings (SSSR count). The van der Waals surface area contributed by atoms with Crippen molar-refractivity contribution in [2.75, 3.05) is 31.6 Å². The number of likely N-dealkylation sites (N-methyl/N-ethyl adjacent to an activating group) is 1. The van der Waals surface area contributed by atoms with Gasteiger partial charge in [0.05, 0.1) is 18.1 Å². The second-order valence-electron chi connectivity index (χ2n) is 6.21. The van der Waals surface area contributed by atoms with Crippen molar-refractivity contribution in [2.45, 2.75) is 31.3 Å². The van der Waals surface area contributed by atoms with E-state index in [1.54, 1.807) is 23.3 Å². The maximum atomic E-state index is 12.5. The van der Waals surface area contributed by atoms with E-state index in [2.05, 4.69) is 16.3 Å². The minimum Gasteiger partial charge on any atom is -0.341 e. The molecule has 7 heteroatoms. The fourth-order valence-electron chi connectivity index (χ4n) is 3.39. The molecule has 2 fully saturated rings. The molecule has 0 spiro atoms. The van der Waals surface area contributed by atoms with Gasteiger partial charge < -0.3 is 4.90 Å². The Balaban J connectivity index is 1.61. The maximum absolute atomic E-state index is 12.5. The van der Waals surface area contributed by atoms with Crippen LogP contribution in [0.5, 0.6) is 0 Å². The van der Waals surface area contributed by atoms with Crippen molar-refractivity contribution in [2.24, 2.45) is 0 Å². The zero-order valence-electron chi connectivity index (χ0n) is 12.8. The van der Waals surface area contributed by atoms with Gasteiger partial charge >= 0.3 is 0 Å². The quantitative estimate of drug-likeness (QED) is 0.833. The number of nitrogens with zero attached hydrogens (tertiary/aromatic N) is 2. The molecule has 2 atom stereocenters. The molecule has 3 heterocycles. The van der Waals surface area contributed by atoms with E-state index in [0.29, 0.717) is 19.0 Å². The molecule has 2 aliphatic rings. The zero-order valence-corrected chi connectivity index (χ0v) is 14.4. The summed E-state index contributed by atoms with van der Waals surface area (Å²) in [5.74, 6) is 0.353. The average molecular weight is 342 g/mol. The van der Waals surface area contributed by atoms with Crippen molar-refractivity contribution in [1.82, 2.24) is 9.80 Å². The number of carbonyl (C=O) groups is 1. The van der Waals surface area contributed by atoms with Crippen molar-refractivity contribution < 1.29 is 13.2 Å².